The third kappa shape index (κ3) is 3.18. The van der Waals surface area contributed by atoms with Crippen molar-refractivity contribution in [2.75, 3.05) is 0 Å². The summed E-state index contributed by atoms with van der Waals surface area (Å²) in [4.78, 5) is 0. The lowest BCUT2D eigenvalue weighted by molar-refractivity contribution is 0.167. The topological polar surface area (TPSA) is 20.2 Å². The van der Waals surface area contributed by atoms with Gasteiger partial charge in [0.15, 0.2) is 0 Å². The van der Waals surface area contributed by atoms with Crippen LogP contribution in [0.3, 0.4) is 0 Å². The third-order valence-electron chi connectivity index (χ3n) is 3.08. The second-order valence-corrected chi connectivity index (χ2v) is 5.02. The van der Waals surface area contributed by atoms with Gasteiger partial charge in [0.05, 0.1) is 6.10 Å². The highest BCUT2D eigenvalue weighted by atomic mass is 32.1. The van der Waals surface area contributed by atoms with Crippen LogP contribution >= 0.6 is 11.3 Å². The highest BCUT2D eigenvalue weighted by Gasteiger charge is 2.11. The smallest absolute Gasteiger partial charge is 0.0795 e. The van der Waals surface area contributed by atoms with Crippen LogP contribution in [0.4, 0.5) is 0 Å². The Morgan fingerprint density at radius 2 is 2.06 bits per heavy atom. The molecule has 1 nitrogen and oxygen atoms in total. The second kappa shape index (κ2) is 5.99. The maximum Gasteiger partial charge on any atom is 0.0795 e. The Morgan fingerprint density at radius 3 is 2.76 bits per heavy atom. The van der Waals surface area contributed by atoms with Gasteiger partial charge >= 0.3 is 0 Å². The highest BCUT2D eigenvalue weighted by molar-refractivity contribution is 7.07. The molecule has 0 saturated heterocycles. The molecular weight excluding hydrogens is 228 g/mol. The summed E-state index contributed by atoms with van der Waals surface area (Å²) in [6, 6.07) is 10.3. The van der Waals surface area contributed by atoms with Gasteiger partial charge in [-0.3, -0.25) is 0 Å². The molecule has 2 heteroatoms. The Labute approximate surface area is 107 Å². The number of hydrogen-bond donors (Lipinski definition) is 1. The lowest BCUT2D eigenvalue weighted by Gasteiger charge is -2.14. The summed E-state index contributed by atoms with van der Waals surface area (Å²) in [5.41, 5.74) is 3.67. The third-order valence-corrected chi connectivity index (χ3v) is 3.81. The van der Waals surface area contributed by atoms with E-state index in [0.29, 0.717) is 0 Å². The molecule has 2 rings (SSSR count). The first-order chi connectivity index (χ1) is 8.31. The minimum Gasteiger partial charge on any atom is -0.388 e. The van der Waals surface area contributed by atoms with Crippen molar-refractivity contribution in [3.8, 4) is 0 Å². The number of hydrogen-bond acceptors (Lipinski definition) is 2. The molecule has 17 heavy (non-hydrogen) atoms. The number of thiophene rings is 1. The first kappa shape index (κ1) is 12.3. The molecule has 0 amide bonds. The van der Waals surface area contributed by atoms with Crippen molar-refractivity contribution in [3.63, 3.8) is 0 Å². The Kier molecular flexibility index (Phi) is 4.35. The van der Waals surface area contributed by atoms with Crippen molar-refractivity contribution < 1.29 is 5.11 Å². The zero-order valence-electron chi connectivity index (χ0n) is 10.1. The van der Waals surface area contributed by atoms with Crippen molar-refractivity contribution in [1.82, 2.24) is 0 Å². The Bertz CT molecular complexity index is 448. The second-order valence-electron chi connectivity index (χ2n) is 4.24. The fraction of sp³-hybridized carbons (Fsp3) is 0.333. The van der Waals surface area contributed by atoms with Gasteiger partial charge in [-0.05, 0) is 52.8 Å². The summed E-state index contributed by atoms with van der Waals surface area (Å²) in [7, 11) is 0. The van der Waals surface area contributed by atoms with E-state index in [1.807, 2.05) is 18.2 Å². The lowest BCUT2D eigenvalue weighted by atomic mass is 9.97. The van der Waals surface area contributed by atoms with E-state index in [0.717, 1.165) is 24.8 Å². The van der Waals surface area contributed by atoms with Crippen molar-refractivity contribution in [2.24, 2.45) is 0 Å². The average molecular weight is 246 g/mol. The van der Waals surface area contributed by atoms with E-state index in [1.54, 1.807) is 11.3 Å². The monoisotopic (exact) mass is 246 g/mol. The van der Waals surface area contributed by atoms with Gasteiger partial charge in [0.1, 0.15) is 0 Å². The predicted octanol–water partition coefficient (Wildman–Crippen LogP) is 3.98. The first-order valence-corrected chi connectivity index (χ1v) is 7.02. The standard InChI is InChI=1S/C15H18OS/c1-2-13-5-3-4-6-14(13)15(16)8-7-12-9-10-17-11-12/h3-6,9-11,15-16H,2,7-8H2,1H3. The van der Waals surface area contributed by atoms with Gasteiger partial charge in [-0.25, -0.2) is 0 Å². The van der Waals surface area contributed by atoms with Gasteiger partial charge in [0, 0.05) is 0 Å². The minimum absolute atomic E-state index is 0.342. The molecule has 0 bridgehead atoms. The molecule has 0 aliphatic rings. The van der Waals surface area contributed by atoms with Crippen LogP contribution in [-0.4, -0.2) is 5.11 Å². The van der Waals surface area contributed by atoms with E-state index >= 15 is 0 Å². The molecule has 1 N–H and O–H groups in total. The predicted molar refractivity (Wildman–Crippen MR) is 73.4 cm³/mol. The summed E-state index contributed by atoms with van der Waals surface area (Å²) in [6.45, 7) is 2.13. The maximum absolute atomic E-state index is 10.2. The molecule has 0 aliphatic heterocycles. The summed E-state index contributed by atoms with van der Waals surface area (Å²) in [5.74, 6) is 0. The maximum atomic E-state index is 10.2. The molecule has 0 spiro atoms. The minimum atomic E-state index is -0.342. The van der Waals surface area contributed by atoms with Crippen LogP contribution in [0.1, 0.15) is 36.1 Å². The van der Waals surface area contributed by atoms with Crippen LogP contribution < -0.4 is 0 Å². The Morgan fingerprint density at radius 1 is 1.24 bits per heavy atom. The van der Waals surface area contributed by atoms with Crippen LogP contribution in [0.5, 0.6) is 0 Å². The average Bonchev–Trinajstić information content (AvgIpc) is 2.89. The van der Waals surface area contributed by atoms with Gasteiger partial charge in [-0.1, -0.05) is 31.2 Å². The molecule has 1 heterocycles. The van der Waals surface area contributed by atoms with Crippen LogP contribution in [0.2, 0.25) is 0 Å². The largest absolute Gasteiger partial charge is 0.388 e. The number of benzene rings is 1. The first-order valence-electron chi connectivity index (χ1n) is 6.08. The van der Waals surface area contributed by atoms with Crippen molar-refractivity contribution in [1.29, 1.82) is 0 Å². The zero-order valence-corrected chi connectivity index (χ0v) is 10.9. The summed E-state index contributed by atoms with van der Waals surface area (Å²) in [5, 5.41) is 14.5. The summed E-state index contributed by atoms with van der Waals surface area (Å²) >= 11 is 1.71. The van der Waals surface area contributed by atoms with Gasteiger partial charge in [0.2, 0.25) is 0 Å². The normalized spacial score (nSPS) is 12.6. The van der Waals surface area contributed by atoms with Crippen molar-refractivity contribution >= 4 is 11.3 Å². The van der Waals surface area contributed by atoms with Crippen molar-refractivity contribution in [2.45, 2.75) is 32.3 Å². The Hall–Kier alpha value is -1.12. The van der Waals surface area contributed by atoms with Gasteiger partial charge in [-0.2, -0.15) is 11.3 Å². The molecule has 0 fully saturated rings. The fourth-order valence-electron chi connectivity index (χ4n) is 2.08. The number of aryl methyl sites for hydroxylation is 2. The Balaban J connectivity index is 2.01. The molecule has 1 atom stereocenters. The molecule has 0 aliphatic carbocycles. The van der Waals surface area contributed by atoms with E-state index in [4.69, 9.17) is 0 Å². The quantitative estimate of drug-likeness (QED) is 0.846. The van der Waals surface area contributed by atoms with E-state index in [2.05, 4.69) is 29.8 Å². The molecule has 2 aromatic rings. The van der Waals surface area contributed by atoms with Crippen molar-refractivity contribution in [3.05, 3.63) is 57.8 Å². The number of aliphatic hydroxyl groups is 1. The molecule has 1 aromatic heterocycles. The van der Waals surface area contributed by atoms with Crippen LogP contribution in [0, 0.1) is 0 Å². The lowest BCUT2D eigenvalue weighted by Crippen LogP contribution is -2.02. The zero-order chi connectivity index (χ0) is 12.1. The molecule has 1 unspecified atom stereocenters. The number of aliphatic hydroxyl groups excluding tert-OH is 1. The van der Waals surface area contributed by atoms with Gasteiger partial charge < -0.3 is 5.11 Å². The van der Waals surface area contributed by atoms with E-state index in [1.165, 1.54) is 11.1 Å². The van der Waals surface area contributed by atoms with Gasteiger partial charge in [-0.15, -0.1) is 0 Å². The summed E-state index contributed by atoms with van der Waals surface area (Å²) in [6.07, 6.45) is 2.38. The van der Waals surface area contributed by atoms with E-state index in [9.17, 15) is 5.11 Å². The molecule has 1 aromatic carbocycles. The molecular formula is C15H18OS. The van der Waals surface area contributed by atoms with Crippen LogP contribution in [-0.2, 0) is 12.8 Å². The van der Waals surface area contributed by atoms with E-state index in [-0.39, 0.29) is 6.10 Å². The number of rotatable bonds is 5. The molecule has 0 radical (unpaired) electrons. The van der Waals surface area contributed by atoms with E-state index < -0.39 is 0 Å². The van der Waals surface area contributed by atoms with Crippen LogP contribution in [0.15, 0.2) is 41.1 Å². The molecule has 0 saturated carbocycles. The molecule has 90 valence electrons. The highest BCUT2D eigenvalue weighted by Crippen LogP contribution is 2.23. The van der Waals surface area contributed by atoms with Gasteiger partial charge in [0.25, 0.3) is 0 Å². The fourth-order valence-corrected chi connectivity index (χ4v) is 2.78. The summed E-state index contributed by atoms with van der Waals surface area (Å²) < 4.78 is 0. The SMILES string of the molecule is CCc1ccccc1C(O)CCc1ccsc1. The van der Waals surface area contributed by atoms with Crippen LogP contribution in [0.25, 0.3) is 0 Å².